The molecule has 0 saturated carbocycles. The quantitative estimate of drug-likeness (QED) is 0.342. The number of benzene rings is 1. The Labute approximate surface area is 89.4 Å². The lowest BCUT2D eigenvalue weighted by molar-refractivity contribution is -0.385. The summed E-state index contributed by atoms with van der Waals surface area (Å²) < 4.78 is 4.14. The molecule has 0 aliphatic heterocycles. The third-order valence-electron chi connectivity index (χ3n) is 1.66. The van der Waals surface area contributed by atoms with E-state index in [0.717, 1.165) is 12.1 Å². The van der Waals surface area contributed by atoms with Gasteiger partial charge in [-0.05, 0) is 6.07 Å². The Bertz CT molecular complexity index is 441. The molecule has 84 valence electrons. The minimum absolute atomic E-state index is 0.339. The summed E-state index contributed by atoms with van der Waals surface area (Å²) in [5.41, 5.74) is -0.799. The second kappa shape index (κ2) is 4.99. The molecular formula is C9H7NO6. The largest absolute Gasteiger partial charge is 0.388 e. The van der Waals surface area contributed by atoms with Crippen molar-refractivity contribution in [3.05, 3.63) is 39.9 Å². The van der Waals surface area contributed by atoms with Gasteiger partial charge in [0.1, 0.15) is 12.2 Å². The standard InChI is InChI=1S/C9H7NO6/c11-5-8(12)16-9(13)6-3-1-2-4-7(6)10(14)15/h1-4,11H,5H2. The maximum atomic E-state index is 11.3. The molecule has 1 aromatic carbocycles. The lowest BCUT2D eigenvalue weighted by Gasteiger charge is -2.01. The van der Waals surface area contributed by atoms with Gasteiger partial charge in [-0.15, -0.1) is 0 Å². The lowest BCUT2D eigenvalue weighted by atomic mass is 10.2. The van der Waals surface area contributed by atoms with Crippen molar-refractivity contribution in [2.24, 2.45) is 0 Å². The van der Waals surface area contributed by atoms with Gasteiger partial charge in [0.2, 0.25) is 0 Å². The van der Waals surface area contributed by atoms with Gasteiger partial charge < -0.3 is 9.84 Å². The van der Waals surface area contributed by atoms with Crippen molar-refractivity contribution in [2.45, 2.75) is 0 Å². The normalized spacial score (nSPS) is 9.56. The van der Waals surface area contributed by atoms with Gasteiger partial charge in [0.25, 0.3) is 5.69 Å². The summed E-state index contributed by atoms with van der Waals surface area (Å²) in [6.45, 7) is -0.966. The fourth-order valence-electron chi connectivity index (χ4n) is 0.996. The summed E-state index contributed by atoms with van der Waals surface area (Å²) >= 11 is 0. The molecule has 7 heteroatoms. The molecule has 0 heterocycles. The molecule has 7 nitrogen and oxygen atoms in total. The minimum Gasteiger partial charge on any atom is -0.388 e. The highest BCUT2D eigenvalue weighted by Crippen LogP contribution is 2.18. The minimum atomic E-state index is -1.16. The number of hydrogen-bond donors (Lipinski definition) is 1. The van der Waals surface area contributed by atoms with Crippen LogP contribution in [0.25, 0.3) is 0 Å². The molecule has 0 unspecified atom stereocenters. The number of esters is 2. The van der Waals surface area contributed by atoms with Gasteiger partial charge in [-0.2, -0.15) is 0 Å². The van der Waals surface area contributed by atoms with E-state index >= 15 is 0 Å². The zero-order valence-electron chi connectivity index (χ0n) is 7.95. The van der Waals surface area contributed by atoms with Crippen molar-refractivity contribution in [2.75, 3.05) is 6.61 Å². The summed E-state index contributed by atoms with van der Waals surface area (Å²) in [6.07, 6.45) is 0. The van der Waals surface area contributed by atoms with Gasteiger partial charge >= 0.3 is 11.9 Å². The number of ether oxygens (including phenoxy) is 1. The highest BCUT2D eigenvalue weighted by atomic mass is 16.6. The smallest absolute Gasteiger partial charge is 0.352 e. The summed E-state index contributed by atoms with van der Waals surface area (Å²) in [5.74, 6) is -2.32. The van der Waals surface area contributed by atoms with E-state index in [1.807, 2.05) is 0 Å². The summed E-state index contributed by atoms with van der Waals surface area (Å²) in [5, 5.41) is 18.9. The van der Waals surface area contributed by atoms with E-state index in [1.165, 1.54) is 12.1 Å². The van der Waals surface area contributed by atoms with E-state index in [-0.39, 0.29) is 5.56 Å². The number of nitrogens with zero attached hydrogens (tertiary/aromatic N) is 1. The highest BCUT2D eigenvalue weighted by Gasteiger charge is 2.22. The monoisotopic (exact) mass is 225 g/mol. The molecule has 0 spiro atoms. The number of aliphatic hydroxyl groups is 1. The van der Waals surface area contributed by atoms with Crippen LogP contribution in [0, 0.1) is 10.1 Å². The molecule has 0 aliphatic rings. The van der Waals surface area contributed by atoms with Crippen LogP contribution in [0.15, 0.2) is 24.3 Å². The van der Waals surface area contributed by atoms with Crippen LogP contribution in [-0.2, 0) is 9.53 Å². The first-order valence-corrected chi connectivity index (χ1v) is 4.15. The Kier molecular flexibility index (Phi) is 3.67. The summed E-state index contributed by atoms with van der Waals surface area (Å²) in [4.78, 5) is 31.7. The molecule has 1 aromatic rings. The SMILES string of the molecule is O=C(CO)OC(=O)c1ccccc1[N+](=O)[O-]. The highest BCUT2D eigenvalue weighted by molar-refractivity contribution is 5.99. The van der Waals surface area contributed by atoms with Crippen LogP contribution in [0.1, 0.15) is 10.4 Å². The maximum Gasteiger partial charge on any atom is 0.352 e. The number of carbonyl (C=O) groups is 2. The van der Waals surface area contributed by atoms with Gasteiger partial charge in [0.05, 0.1) is 4.92 Å². The van der Waals surface area contributed by atoms with E-state index in [1.54, 1.807) is 0 Å². The molecule has 0 aromatic heterocycles. The van der Waals surface area contributed by atoms with Crippen LogP contribution < -0.4 is 0 Å². The Morgan fingerprint density at radius 2 is 2.00 bits per heavy atom. The molecule has 0 amide bonds. The Balaban J connectivity index is 2.99. The maximum absolute atomic E-state index is 11.3. The van der Waals surface area contributed by atoms with E-state index in [4.69, 9.17) is 5.11 Å². The Morgan fingerprint density at radius 3 is 2.56 bits per heavy atom. The number of nitro benzene ring substituents is 1. The first-order chi connectivity index (χ1) is 7.56. The van der Waals surface area contributed by atoms with Crippen molar-refractivity contribution < 1.29 is 24.4 Å². The van der Waals surface area contributed by atoms with Crippen LogP contribution in [0.4, 0.5) is 5.69 Å². The van der Waals surface area contributed by atoms with Gasteiger partial charge in [-0.25, -0.2) is 9.59 Å². The van der Waals surface area contributed by atoms with Crippen molar-refractivity contribution in [1.82, 2.24) is 0 Å². The van der Waals surface area contributed by atoms with E-state index in [0.29, 0.717) is 0 Å². The van der Waals surface area contributed by atoms with E-state index in [9.17, 15) is 19.7 Å². The first-order valence-electron chi connectivity index (χ1n) is 4.15. The molecule has 1 rings (SSSR count). The van der Waals surface area contributed by atoms with Crippen LogP contribution in [0.2, 0.25) is 0 Å². The Hall–Kier alpha value is -2.28. The summed E-state index contributed by atoms with van der Waals surface area (Å²) in [6, 6.07) is 5.04. The number of nitro groups is 1. The fraction of sp³-hybridized carbons (Fsp3) is 0.111. The topological polar surface area (TPSA) is 107 Å². The van der Waals surface area contributed by atoms with Crippen molar-refractivity contribution in [1.29, 1.82) is 0 Å². The molecule has 16 heavy (non-hydrogen) atoms. The fourth-order valence-corrected chi connectivity index (χ4v) is 0.996. The molecule has 0 fully saturated rings. The van der Waals surface area contributed by atoms with Crippen LogP contribution >= 0.6 is 0 Å². The molecule has 0 saturated heterocycles. The number of carbonyl (C=O) groups excluding carboxylic acids is 2. The zero-order valence-corrected chi connectivity index (χ0v) is 7.95. The van der Waals surface area contributed by atoms with Gasteiger partial charge in [0.15, 0.2) is 0 Å². The van der Waals surface area contributed by atoms with E-state index < -0.39 is 29.2 Å². The van der Waals surface area contributed by atoms with Crippen molar-refractivity contribution in [3.63, 3.8) is 0 Å². The average Bonchev–Trinajstić information content (AvgIpc) is 2.28. The number of hydrogen-bond acceptors (Lipinski definition) is 6. The number of para-hydroxylation sites is 1. The van der Waals surface area contributed by atoms with Crippen molar-refractivity contribution >= 4 is 17.6 Å². The van der Waals surface area contributed by atoms with Crippen LogP contribution in [0.5, 0.6) is 0 Å². The Morgan fingerprint density at radius 1 is 1.38 bits per heavy atom. The number of aliphatic hydroxyl groups excluding tert-OH is 1. The predicted octanol–water partition coefficient (Wildman–Crippen LogP) is 0.270. The van der Waals surface area contributed by atoms with Crippen LogP contribution in [0.3, 0.4) is 0 Å². The molecule has 0 radical (unpaired) electrons. The summed E-state index contributed by atoms with van der Waals surface area (Å²) in [7, 11) is 0. The molecule has 1 N–H and O–H groups in total. The molecule has 0 bridgehead atoms. The first kappa shape index (κ1) is 11.8. The van der Waals surface area contributed by atoms with Crippen molar-refractivity contribution in [3.8, 4) is 0 Å². The molecule has 0 atom stereocenters. The van der Waals surface area contributed by atoms with Crippen LogP contribution in [-0.4, -0.2) is 28.6 Å². The third-order valence-corrected chi connectivity index (χ3v) is 1.66. The second-order valence-electron chi connectivity index (χ2n) is 2.69. The van der Waals surface area contributed by atoms with Gasteiger partial charge in [-0.3, -0.25) is 10.1 Å². The molecular weight excluding hydrogens is 218 g/mol. The van der Waals surface area contributed by atoms with E-state index in [2.05, 4.69) is 4.74 Å². The van der Waals surface area contributed by atoms with Gasteiger partial charge in [-0.1, -0.05) is 12.1 Å². The third kappa shape index (κ3) is 2.61. The van der Waals surface area contributed by atoms with Gasteiger partial charge in [0, 0.05) is 6.07 Å². The zero-order chi connectivity index (χ0) is 12.1. The lowest BCUT2D eigenvalue weighted by Crippen LogP contribution is -2.16. The average molecular weight is 225 g/mol. The molecule has 0 aliphatic carbocycles. The second-order valence-corrected chi connectivity index (χ2v) is 2.69. The number of rotatable bonds is 3. The predicted molar refractivity (Wildman–Crippen MR) is 50.6 cm³/mol.